The van der Waals surface area contributed by atoms with E-state index in [0.717, 1.165) is 19.4 Å². The molecular formula is C9H22ClN3O2S. The van der Waals surface area contributed by atoms with E-state index >= 15 is 0 Å². The second kappa shape index (κ2) is 6.76. The molecule has 98 valence electrons. The number of halogens is 1. The van der Waals surface area contributed by atoms with Crippen LogP contribution in [0.25, 0.3) is 0 Å². The Balaban J connectivity index is 0.00000225. The lowest BCUT2D eigenvalue weighted by Gasteiger charge is -2.28. The fraction of sp³-hybridized carbons (Fsp3) is 1.00. The molecule has 0 aromatic heterocycles. The zero-order chi connectivity index (χ0) is 11.5. The highest BCUT2D eigenvalue weighted by molar-refractivity contribution is 7.86. The minimum atomic E-state index is -3.23. The predicted molar refractivity (Wildman–Crippen MR) is 68.1 cm³/mol. The molecule has 0 bridgehead atoms. The van der Waals surface area contributed by atoms with Gasteiger partial charge >= 0.3 is 0 Å². The van der Waals surface area contributed by atoms with E-state index < -0.39 is 10.2 Å². The third kappa shape index (κ3) is 3.30. The molecule has 1 fully saturated rings. The van der Waals surface area contributed by atoms with Gasteiger partial charge in [-0.3, -0.25) is 0 Å². The third-order valence-corrected chi connectivity index (χ3v) is 5.02. The van der Waals surface area contributed by atoms with Gasteiger partial charge in [-0.25, -0.2) is 0 Å². The molecule has 0 amide bonds. The van der Waals surface area contributed by atoms with Crippen LogP contribution in [0.5, 0.6) is 0 Å². The summed E-state index contributed by atoms with van der Waals surface area (Å²) in [5.74, 6) is 0. The van der Waals surface area contributed by atoms with Crippen molar-refractivity contribution in [2.24, 2.45) is 0 Å². The van der Waals surface area contributed by atoms with E-state index in [1.807, 2.05) is 14.0 Å². The van der Waals surface area contributed by atoms with Crippen molar-refractivity contribution in [1.82, 2.24) is 13.9 Å². The number of likely N-dealkylation sites (N-methyl/N-ethyl adjacent to an activating group) is 1. The first-order valence-electron chi connectivity index (χ1n) is 5.41. The summed E-state index contributed by atoms with van der Waals surface area (Å²) in [5, 5.41) is 3.04. The van der Waals surface area contributed by atoms with Crippen LogP contribution in [0.15, 0.2) is 0 Å². The lowest BCUT2D eigenvalue weighted by molar-refractivity contribution is 0.342. The molecule has 1 N–H and O–H groups in total. The summed E-state index contributed by atoms with van der Waals surface area (Å²) in [6.07, 6.45) is 1.92. The van der Waals surface area contributed by atoms with E-state index in [1.165, 1.54) is 4.31 Å². The molecule has 1 heterocycles. The maximum absolute atomic E-state index is 12.1. The van der Waals surface area contributed by atoms with E-state index in [4.69, 9.17) is 0 Å². The van der Waals surface area contributed by atoms with E-state index in [2.05, 4.69) is 5.32 Å². The zero-order valence-corrected chi connectivity index (χ0v) is 11.8. The highest BCUT2D eigenvalue weighted by Gasteiger charge is 2.35. The molecule has 1 saturated heterocycles. The first kappa shape index (κ1) is 16.1. The Morgan fingerprint density at radius 3 is 2.62 bits per heavy atom. The molecule has 1 rings (SSSR count). The summed E-state index contributed by atoms with van der Waals surface area (Å²) in [5.41, 5.74) is 0. The first-order chi connectivity index (χ1) is 7.04. The zero-order valence-electron chi connectivity index (χ0n) is 10.1. The molecule has 5 nitrogen and oxygen atoms in total. The van der Waals surface area contributed by atoms with Crippen molar-refractivity contribution in [3.63, 3.8) is 0 Å². The summed E-state index contributed by atoms with van der Waals surface area (Å²) in [6.45, 7) is 3.75. The molecule has 0 aromatic carbocycles. The van der Waals surface area contributed by atoms with Gasteiger partial charge in [0.1, 0.15) is 0 Å². The van der Waals surface area contributed by atoms with Gasteiger partial charge < -0.3 is 5.32 Å². The Hall–Kier alpha value is 0.120. The van der Waals surface area contributed by atoms with Crippen molar-refractivity contribution >= 4 is 22.6 Å². The summed E-state index contributed by atoms with van der Waals surface area (Å²) in [6, 6.07) is 0.119. The van der Waals surface area contributed by atoms with Gasteiger partial charge in [0.2, 0.25) is 0 Å². The molecule has 1 unspecified atom stereocenters. The number of nitrogens with zero attached hydrogens (tertiary/aromatic N) is 2. The number of hydrogen-bond acceptors (Lipinski definition) is 3. The van der Waals surface area contributed by atoms with Crippen LogP contribution in [-0.2, 0) is 10.2 Å². The van der Waals surface area contributed by atoms with Gasteiger partial charge in [0.05, 0.1) is 0 Å². The summed E-state index contributed by atoms with van der Waals surface area (Å²) < 4.78 is 27.2. The highest BCUT2D eigenvalue weighted by atomic mass is 35.5. The van der Waals surface area contributed by atoms with Crippen LogP contribution in [0, 0.1) is 0 Å². The molecule has 0 aromatic rings. The molecule has 1 aliphatic heterocycles. The van der Waals surface area contributed by atoms with Crippen molar-refractivity contribution in [2.75, 3.05) is 33.7 Å². The molecule has 0 aliphatic carbocycles. The van der Waals surface area contributed by atoms with E-state index in [-0.39, 0.29) is 18.4 Å². The molecule has 7 heteroatoms. The van der Waals surface area contributed by atoms with E-state index in [0.29, 0.717) is 13.1 Å². The van der Waals surface area contributed by atoms with Crippen LogP contribution in [0.1, 0.15) is 19.8 Å². The quantitative estimate of drug-likeness (QED) is 0.782. The SMILES string of the molecule is CCN(C)S(=O)(=O)N1CCCC1CNC.Cl. The lowest BCUT2D eigenvalue weighted by atomic mass is 10.2. The monoisotopic (exact) mass is 271 g/mol. The van der Waals surface area contributed by atoms with Crippen molar-refractivity contribution < 1.29 is 8.42 Å². The van der Waals surface area contributed by atoms with Gasteiger partial charge in [0.15, 0.2) is 0 Å². The van der Waals surface area contributed by atoms with Gasteiger partial charge in [-0.05, 0) is 19.9 Å². The molecule has 1 aliphatic rings. The fourth-order valence-corrected chi connectivity index (χ4v) is 3.50. The number of rotatable bonds is 5. The Kier molecular flexibility index (Phi) is 6.81. The second-order valence-corrected chi connectivity index (χ2v) is 5.87. The van der Waals surface area contributed by atoms with Crippen LogP contribution in [0.3, 0.4) is 0 Å². The van der Waals surface area contributed by atoms with Gasteiger partial charge in [-0.2, -0.15) is 17.0 Å². The van der Waals surface area contributed by atoms with Crippen molar-refractivity contribution in [3.05, 3.63) is 0 Å². The highest BCUT2D eigenvalue weighted by Crippen LogP contribution is 2.21. The first-order valence-corrected chi connectivity index (χ1v) is 6.81. The van der Waals surface area contributed by atoms with Gasteiger partial charge in [-0.15, -0.1) is 12.4 Å². The van der Waals surface area contributed by atoms with E-state index in [9.17, 15) is 8.42 Å². The Morgan fingerprint density at radius 2 is 2.12 bits per heavy atom. The summed E-state index contributed by atoms with van der Waals surface area (Å²) in [7, 11) is 0.249. The minimum absolute atomic E-state index is 0. The average molecular weight is 272 g/mol. The largest absolute Gasteiger partial charge is 0.318 e. The van der Waals surface area contributed by atoms with E-state index in [1.54, 1.807) is 11.4 Å². The molecule has 0 spiro atoms. The molecule has 16 heavy (non-hydrogen) atoms. The maximum atomic E-state index is 12.1. The van der Waals surface area contributed by atoms with Gasteiger partial charge in [-0.1, -0.05) is 6.92 Å². The normalized spacial score (nSPS) is 22.4. The van der Waals surface area contributed by atoms with Crippen molar-refractivity contribution in [3.8, 4) is 0 Å². The standard InChI is InChI=1S/C9H21N3O2S.ClH/c1-4-11(3)15(13,14)12-7-5-6-9(12)8-10-2;/h9-10H,4-8H2,1-3H3;1H. The minimum Gasteiger partial charge on any atom is -0.318 e. The van der Waals surface area contributed by atoms with Gasteiger partial charge in [0, 0.05) is 32.7 Å². The lowest BCUT2D eigenvalue weighted by Crippen LogP contribution is -2.47. The van der Waals surface area contributed by atoms with Crippen LogP contribution < -0.4 is 5.32 Å². The molecule has 0 saturated carbocycles. The second-order valence-electron chi connectivity index (χ2n) is 3.89. The number of nitrogens with one attached hydrogen (secondary N) is 1. The average Bonchev–Trinajstić information content (AvgIpc) is 2.66. The van der Waals surface area contributed by atoms with Crippen LogP contribution in [-0.4, -0.2) is 56.8 Å². The third-order valence-electron chi connectivity index (χ3n) is 2.90. The van der Waals surface area contributed by atoms with Crippen LogP contribution >= 0.6 is 12.4 Å². The smallest absolute Gasteiger partial charge is 0.282 e. The Bertz CT molecular complexity index is 297. The topological polar surface area (TPSA) is 52.7 Å². The summed E-state index contributed by atoms with van der Waals surface area (Å²) in [4.78, 5) is 0. The van der Waals surface area contributed by atoms with Crippen molar-refractivity contribution in [2.45, 2.75) is 25.8 Å². The summed E-state index contributed by atoms with van der Waals surface area (Å²) >= 11 is 0. The Labute approximate surface area is 105 Å². The van der Waals surface area contributed by atoms with Crippen LogP contribution in [0.4, 0.5) is 0 Å². The molecular weight excluding hydrogens is 250 g/mol. The van der Waals surface area contributed by atoms with Crippen LogP contribution in [0.2, 0.25) is 0 Å². The maximum Gasteiger partial charge on any atom is 0.282 e. The van der Waals surface area contributed by atoms with Crippen molar-refractivity contribution in [1.29, 1.82) is 0 Å². The number of hydrogen-bond donors (Lipinski definition) is 1. The molecule has 0 radical (unpaired) electrons. The van der Waals surface area contributed by atoms with Gasteiger partial charge in [0.25, 0.3) is 10.2 Å². The fourth-order valence-electron chi connectivity index (χ4n) is 1.89. The Morgan fingerprint density at radius 1 is 1.50 bits per heavy atom. The molecule has 1 atom stereocenters. The predicted octanol–water partition coefficient (Wildman–Crippen LogP) is 0.288.